The van der Waals surface area contributed by atoms with Gasteiger partial charge in [-0.05, 0) is 32.0 Å². The van der Waals surface area contributed by atoms with Gasteiger partial charge in [-0.3, -0.25) is 0 Å². The number of furan rings is 1. The molecule has 0 spiro atoms. The van der Waals surface area contributed by atoms with E-state index in [1.54, 1.807) is 12.1 Å². The van der Waals surface area contributed by atoms with E-state index < -0.39 is 68.5 Å². The lowest BCUT2D eigenvalue weighted by Gasteiger charge is -2.44. The number of rotatable bonds is 5. The molecule has 2 saturated heterocycles. The van der Waals surface area contributed by atoms with Crippen molar-refractivity contribution in [2.45, 2.75) is 62.4 Å². The number of halogens is 5. The zero-order valence-corrected chi connectivity index (χ0v) is 25.7. The highest BCUT2D eigenvalue weighted by Crippen LogP contribution is 2.51. The summed E-state index contributed by atoms with van der Waals surface area (Å²) in [6.45, 7) is 4.04. The van der Waals surface area contributed by atoms with E-state index in [9.17, 15) is 31.5 Å². The summed E-state index contributed by atoms with van der Waals surface area (Å²) >= 11 is 6.19. The number of pyridine rings is 1. The molecule has 2 fully saturated rings. The van der Waals surface area contributed by atoms with E-state index in [4.69, 9.17) is 20.8 Å². The Balaban J connectivity index is 1.41. The maximum Gasteiger partial charge on any atom is 0.451 e. The Labute approximate surface area is 259 Å². The van der Waals surface area contributed by atoms with Crippen LogP contribution in [-0.2, 0) is 26.5 Å². The zero-order chi connectivity index (χ0) is 32.7. The summed E-state index contributed by atoms with van der Waals surface area (Å²) in [5, 5.41) is 10.5. The van der Waals surface area contributed by atoms with Crippen molar-refractivity contribution in [1.82, 2.24) is 15.0 Å². The lowest BCUT2D eigenvalue weighted by Crippen LogP contribution is -2.51. The minimum Gasteiger partial charge on any atom is -0.480 e. The summed E-state index contributed by atoms with van der Waals surface area (Å²) < 4.78 is 94.8. The average molecular weight is 671 g/mol. The van der Waals surface area contributed by atoms with Crippen LogP contribution in [0, 0.1) is 5.92 Å². The first-order valence-corrected chi connectivity index (χ1v) is 15.9. The summed E-state index contributed by atoms with van der Waals surface area (Å²) in [7, 11) is -3.64. The second kappa shape index (κ2) is 10.4. The van der Waals surface area contributed by atoms with E-state index in [1.165, 1.54) is 45.2 Å². The first kappa shape index (κ1) is 31.3. The lowest BCUT2D eigenvalue weighted by atomic mass is 9.78. The van der Waals surface area contributed by atoms with Crippen molar-refractivity contribution in [3.8, 4) is 5.88 Å². The minimum absolute atomic E-state index is 0.0669. The number of carboxylic acids is 1. The Bertz CT molecular complexity index is 1950. The van der Waals surface area contributed by atoms with Gasteiger partial charge in [0.1, 0.15) is 28.9 Å². The number of ether oxygens (including phenoxy) is 1. The molecule has 1 N–H and O–H groups in total. The number of carbonyl (C=O) groups is 1. The van der Waals surface area contributed by atoms with Gasteiger partial charge >= 0.3 is 12.1 Å². The molecule has 0 aliphatic carbocycles. The second-order valence-electron chi connectivity index (χ2n) is 12.1. The largest absolute Gasteiger partial charge is 0.480 e. The summed E-state index contributed by atoms with van der Waals surface area (Å²) in [6.07, 6.45) is -5.41. The van der Waals surface area contributed by atoms with Gasteiger partial charge in [0.2, 0.25) is 11.7 Å². The molecule has 240 valence electrons. The van der Waals surface area contributed by atoms with Crippen molar-refractivity contribution >= 4 is 55.3 Å². The first-order chi connectivity index (χ1) is 20.9. The standard InChI is InChI=1S/C29H27ClF4N4O6S/c1-14-12-45(41,42)27(2,3)13-28(14,31)18-8-15(30)10-35-24(18)43-16-9-19(25(39)40)38(11-16)23-22-21(36-26(37-23)29(32,33)34)17-6-4-5-7-20(17)44-22/h4-8,10,14,16,19H,9,11-13H2,1-3H3,(H,39,40)/t14-,16-,19-,28+/m0/s1. The third-order valence-electron chi connectivity index (χ3n) is 8.59. The van der Waals surface area contributed by atoms with Crippen LogP contribution in [0.1, 0.15) is 45.0 Å². The van der Waals surface area contributed by atoms with Gasteiger partial charge in [0.25, 0.3) is 0 Å². The van der Waals surface area contributed by atoms with Gasteiger partial charge in [-0.15, -0.1) is 0 Å². The molecule has 6 rings (SSSR count). The molecule has 1 aromatic carbocycles. The molecule has 2 aliphatic heterocycles. The highest BCUT2D eigenvalue weighted by Gasteiger charge is 2.55. The number of nitrogens with zero attached hydrogens (tertiary/aromatic N) is 4. The smallest absolute Gasteiger partial charge is 0.451 e. The van der Waals surface area contributed by atoms with Gasteiger partial charge in [0.05, 0.1) is 27.6 Å². The number of anilines is 1. The Hall–Kier alpha value is -3.72. The Morgan fingerprint density at radius 2 is 1.93 bits per heavy atom. The van der Waals surface area contributed by atoms with Crippen molar-refractivity contribution in [3.05, 3.63) is 52.9 Å². The predicted molar refractivity (Wildman–Crippen MR) is 156 cm³/mol. The molecule has 0 amide bonds. The quantitative estimate of drug-likeness (QED) is 0.254. The van der Waals surface area contributed by atoms with E-state index in [1.807, 2.05) is 0 Å². The molecule has 4 aromatic rings. The van der Waals surface area contributed by atoms with Gasteiger partial charge in [-0.1, -0.05) is 30.7 Å². The number of aromatic nitrogens is 3. The fourth-order valence-electron chi connectivity index (χ4n) is 6.18. The van der Waals surface area contributed by atoms with Gasteiger partial charge in [-0.25, -0.2) is 32.6 Å². The number of para-hydroxylation sites is 1. The number of carboxylic acid groups (broad SMARTS) is 1. The number of benzene rings is 1. The summed E-state index contributed by atoms with van der Waals surface area (Å²) in [5.74, 6) is -4.91. The van der Waals surface area contributed by atoms with Crippen molar-refractivity contribution in [3.63, 3.8) is 0 Å². The Morgan fingerprint density at radius 1 is 1.22 bits per heavy atom. The molecule has 3 aromatic heterocycles. The lowest BCUT2D eigenvalue weighted by molar-refractivity contribution is -0.144. The normalized spacial score (nSPS) is 26.4. The van der Waals surface area contributed by atoms with E-state index in [-0.39, 0.29) is 57.3 Å². The van der Waals surface area contributed by atoms with E-state index in [0.717, 1.165) is 4.90 Å². The van der Waals surface area contributed by atoms with E-state index in [0.29, 0.717) is 0 Å². The molecule has 0 radical (unpaired) electrons. The number of hydrogen-bond acceptors (Lipinski definition) is 9. The molecule has 0 unspecified atom stereocenters. The first-order valence-electron chi connectivity index (χ1n) is 13.9. The second-order valence-corrected chi connectivity index (χ2v) is 15.2. The molecular formula is C29H27ClF4N4O6S. The Morgan fingerprint density at radius 3 is 2.62 bits per heavy atom. The van der Waals surface area contributed by atoms with Gasteiger partial charge in [0, 0.05) is 30.3 Å². The van der Waals surface area contributed by atoms with Crippen LogP contribution in [0.5, 0.6) is 5.88 Å². The predicted octanol–water partition coefficient (Wildman–Crippen LogP) is 5.95. The average Bonchev–Trinajstić information content (AvgIpc) is 3.53. The van der Waals surface area contributed by atoms with Crippen LogP contribution in [0.3, 0.4) is 0 Å². The SMILES string of the molecule is C[C@H]1CS(=O)(=O)C(C)(C)C[C@]1(F)c1cc(Cl)cnc1O[C@H]1C[C@@H](C(=O)O)N(c2nc(C(F)(F)F)nc3c2oc2ccccc23)C1. The maximum absolute atomic E-state index is 16.9. The van der Waals surface area contributed by atoms with Crippen LogP contribution in [0.25, 0.3) is 22.1 Å². The highest BCUT2D eigenvalue weighted by atomic mass is 35.5. The van der Waals surface area contributed by atoms with Crippen molar-refractivity contribution < 1.29 is 45.0 Å². The molecule has 2 aliphatic rings. The molecule has 16 heteroatoms. The number of aliphatic carboxylic acids is 1. The zero-order valence-electron chi connectivity index (χ0n) is 24.1. The number of alkyl halides is 4. The summed E-state index contributed by atoms with van der Waals surface area (Å²) in [5.41, 5.74) is -2.38. The van der Waals surface area contributed by atoms with Gasteiger partial charge in [0.15, 0.2) is 21.2 Å². The minimum atomic E-state index is -4.95. The van der Waals surface area contributed by atoms with Crippen LogP contribution in [0.2, 0.25) is 5.02 Å². The number of fused-ring (bicyclic) bond motifs is 3. The molecular weight excluding hydrogens is 644 g/mol. The van der Waals surface area contributed by atoms with Crippen LogP contribution in [0.4, 0.5) is 23.4 Å². The number of hydrogen-bond donors (Lipinski definition) is 1. The van der Waals surface area contributed by atoms with E-state index in [2.05, 4.69) is 15.0 Å². The van der Waals surface area contributed by atoms with E-state index >= 15 is 4.39 Å². The van der Waals surface area contributed by atoms with Crippen LogP contribution >= 0.6 is 11.6 Å². The summed E-state index contributed by atoms with van der Waals surface area (Å²) in [6, 6.07) is 6.19. The molecule has 45 heavy (non-hydrogen) atoms. The topological polar surface area (TPSA) is 136 Å². The van der Waals surface area contributed by atoms with Gasteiger partial charge in [-0.2, -0.15) is 13.2 Å². The maximum atomic E-state index is 16.9. The molecule has 0 bridgehead atoms. The fourth-order valence-corrected chi connectivity index (χ4v) is 8.14. The van der Waals surface area contributed by atoms with Crippen molar-refractivity contribution in [1.29, 1.82) is 0 Å². The molecule has 0 saturated carbocycles. The monoisotopic (exact) mass is 670 g/mol. The van der Waals surface area contributed by atoms with Crippen molar-refractivity contribution in [2.24, 2.45) is 5.92 Å². The number of sulfone groups is 1. The molecule has 4 atom stereocenters. The van der Waals surface area contributed by atoms with Crippen molar-refractivity contribution in [2.75, 3.05) is 17.2 Å². The molecule has 10 nitrogen and oxygen atoms in total. The van der Waals surface area contributed by atoms with Gasteiger partial charge < -0.3 is 19.2 Å². The third kappa shape index (κ3) is 5.23. The Kier molecular flexibility index (Phi) is 7.23. The third-order valence-corrected chi connectivity index (χ3v) is 11.6. The van der Waals surface area contributed by atoms with Crippen LogP contribution in [-0.4, -0.2) is 63.6 Å². The fraction of sp³-hybridized carbons (Fsp3) is 0.448. The van der Waals surface area contributed by atoms with Crippen LogP contribution in [0.15, 0.2) is 40.9 Å². The highest BCUT2D eigenvalue weighted by molar-refractivity contribution is 7.92. The summed E-state index contributed by atoms with van der Waals surface area (Å²) in [4.78, 5) is 25.1. The molecule has 5 heterocycles. The van der Waals surface area contributed by atoms with Crippen LogP contribution < -0.4 is 9.64 Å².